The van der Waals surface area contributed by atoms with Crippen LogP contribution in [0.25, 0.3) is 93.5 Å². The number of para-hydroxylation sites is 2. The zero-order chi connectivity index (χ0) is 42.4. The summed E-state index contributed by atoms with van der Waals surface area (Å²) in [7, 11) is 0. The zero-order valence-corrected chi connectivity index (χ0v) is 35.1. The minimum absolute atomic E-state index is 1.09. The molecule has 64 heavy (non-hydrogen) atoms. The van der Waals surface area contributed by atoms with Gasteiger partial charge < -0.3 is 9.47 Å². The number of aromatic nitrogens is 1. The molecule has 0 aliphatic heterocycles. The van der Waals surface area contributed by atoms with Gasteiger partial charge in [0, 0.05) is 33.5 Å². The maximum Gasteiger partial charge on any atom is 0.0541 e. The Kier molecular flexibility index (Phi) is 9.20. The van der Waals surface area contributed by atoms with E-state index in [2.05, 4.69) is 264 Å². The second-order valence-electron chi connectivity index (χ2n) is 16.5. The summed E-state index contributed by atoms with van der Waals surface area (Å²) in [6.07, 6.45) is 0. The number of nitrogens with zero attached hydrogens (tertiary/aromatic N) is 2. The molecule has 1 aromatic heterocycles. The van der Waals surface area contributed by atoms with Crippen molar-refractivity contribution in [2.75, 3.05) is 4.90 Å². The van der Waals surface area contributed by atoms with E-state index in [9.17, 15) is 0 Å². The predicted octanol–water partition coefficient (Wildman–Crippen LogP) is 17.2. The highest BCUT2D eigenvalue weighted by Gasteiger charge is 2.17. The Morgan fingerprint density at radius 1 is 0.266 bits per heavy atom. The Morgan fingerprint density at radius 3 is 1.34 bits per heavy atom. The maximum atomic E-state index is 2.39. The van der Waals surface area contributed by atoms with Gasteiger partial charge in [0.05, 0.1) is 11.0 Å². The van der Waals surface area contributed by atoms with Crippen LogP contribution >= 0.6 is 0 Å². The Morgan fingerprint density at radius 2 is 0.719 bits per heavy atom. The van der Waals surface area contributed by atoms with Crippen LogP contribution in [-0.2, 0) is 0 Å². The van der Waals surface area contributed by atoms with E-state index in [1.807, 2.05) is 0 Å². The van der Waals surface area contributed by atoms with Crippen molar-refractivity contribution < 1.29 is 0 Å². The molecule has 0 amide bonds. The SMILES string of the molecule is c1ccc(-c2cccc(-c3ccc(N(c4ccc(-c5cccc6cccc(-c7ccccc7)c56)cc4)c4ccc5cc(-n6c7ccccc7c7ccccc76)ccc5c4)cc3)c2)cc1. The summed E-state index contributed by atoms with van der Waals surface area (Å²) in [6, 6.07) is 92.6. The fraction of sp³-hybridized carbons (Fsp3) is 0. The lowest BCUT2D eigenvalue weighted by molar-refractivity contribution is 1.19. The molecule has 0 bridgehead atoms. The number of anilines is 3. The van der Waals surface area contributed by atoms with E-state index in [0.29, 0.717) is 0 Å². The maximum absolute atomic E-state index is 2.39. The van der Waals surface area contributed by atoms with Crippen molar-refractivity contribution >= 4 is 60.4 Å². The van der Waals surface area contributed by atoms with Crippen LogP contribution in [-0.4, -0.2) is 4.57 Å². The summed E-state index contributed by atoms with van der Waals surface area (Å²) in [5.41, 5.74) is 16.5. The molecule has 0 spiro atoms. The van der Waals surface area contributed by atoms with Crippen LogP contribution < -0.4 is 4.90 Å². The molecule has 0 N–H and O–H groups in total. The number of benzene rings is 11. The Balaban J connectivity index is 0.957. The third-order valence-electron chi connectivity index (χ3n) is 12.8. The summed E-state index contributed by atoms with van der Waals surface area (Å²) >= 11 is 0. The summed E-state index contributed by atoms with van der Waals surface area (Å²) in [5, 5.41) is 7.41. The fourth-order valence-electron chi connectivity index (χ4n) is 9.69. The van der Waals surface area contributed by atoms with Crippen molar-refractivity contribution in [1.82, 2.24) is 4.57 Å². The van der Waals surface area contributed by atoms with Gasteiger partial charge in [-0.1, -0.05) is 188 Å². The molecule has 0 unspecified atom stereocenters. The van der Waals surface area contributed by atoms with Crippen LogP contribution in [0.5, 0.6) is 0 Å². The smallest absolute Gasteiger partial charge is 0.0541 e. The average molecular weight is 815 g/mol. The molecule has 2 heteroatoms. The van der Waals surface area contributed by atoms with Gasteiger partial charge in [-0.25, -0.2) is 0 Å². The van der Waals surface area contributed by atoms with E-state index in [-0.39, 0.29) is 0 Å². The quantitative estimate of drug-likeness (QED) is 0.148. The highest BCUT2D eigenvalue weighted by Crippen LogP contribution is 2.41. The lowest BCUT2D eigenvalue weighted by Gasteiger charge is -2.26. The molecule has 1 heterocycles. The first-order valence-corrected chi connectivity index (χ1v) is 22.0. The second-order valence-corrected chi connectivity index (χ2v) is 16.5. The van der Waals surface area contributed by atoms with Gasteiger partial charge >= 0.3 is 0 Å². The van der Waals surface area contributed by atoms with E-state index in [4.69, 9.17) is 0 Å². The van der Waals surface area contributed by atoms with E-state index in [0.717, 1.165) is 22.7 Å². The van der Waals surface area contributed by atoms with Crippen LogP contribution in [0, 0.1) is 0 Å². The number of fused-ring (bicyclic) bond motifs is 5. The van der Waals surface area contributed by atoms with Gasteiger partial charge in [0.25, 0.3) is 0 Å². The van der Waals surface area contributed by atoms with Crippen molar-refractivity contribution in [1.29, 1.82) is 0 Å². The number of rotatable bonds is 8. The van der Waals surface area contributed by atoms with Crippen LogP contribution in [0.3, 0.4) is 0 Å². The molecule has 2 nitrogen and oxygen atoms in total. The van der Waals surface area contributed by atoms with Gasteiger partial charge in [0.1, 0.15) is 0 Å². The molecule has 12 rings (SSSR count). The largest absolute Gasteiger partial charge is 0.310 e. The minimum atomic E-state index is 1.09. The average Bonchev–Trinajstić information content (AvgIpc) is 3.71. The molecule has 0 aliphatic rings. The summed E-state index contributed by atoms with van der Waals surface area (Å²) in [5.74, 6) is 0. The van der Waals surface area contributed by atoms with Gasteiger partial charge in [-0.3, -0.25) is 0 Å². The van der Waals surface area contributed by atoms with Crippen LogP contribution in [0.15, 0.2) is 255 Å². The highest BCUT2D eigenvalue weighted by atomic mass is 15.1. The lowest BCUT2D eigenvalue weighted by atomic mass is 9.91. The fourth-order valence-corrected chi connectivity index (χ4v) is 9.69. The normalized spacial score (nSPS) is 11.4. The van der Waals surface area contributed by atoms with Crippen LogP contribution in [0.4, 0.5) is 17.1 Å². The second kappa shape index (κ2) is 15.8. The molecule has 300 valence electrons. The van der Waals surface area contributed by atoms with Gasteiger partial charge in [0.2, 0.25) is 0 Å². The molecule has 11 aromatic carbocycles. The zero-order valence-electron chi connectivity index (χ0n) is 35.1. The van der Waals surface area contributed by atoms with E-state index < -0.39 is 0 Å². The standard InChI is InChI=1S/C62H42N2/c1-3-14-43(15-4-1)48-20-11-21-49(40-48)44-28-34-52(35-29-44)63(53-36-30-46(31-37-53)57-25-13-19-47-18-12-24-56(62(47)57)45-16-5-2-6-17-45)54-38-32-51-42-55(39-33-50(51)41-54)64-60-26-9-7-22-58(60)59-23-8-10-27-61(59)64/h1-42H. The molecule has 0 aliphatic carbocycles. The molecule has 0 radical (unpaired) electrons. The van der Waals surface area contributed by atoms with E-state index in [1.54, 1.807) is 0 Å². The van der Waals surface area contributed by atoms with Crippen molar-refractivity contribution in [3.63, 3.8) is 0 Å². The highest BCUT2D eigenvalue weighted by molar-refractivity contribution is 6.10. The number of hydrogen-bond donors (Lipinski definition) is 0. The van der Waals surface area contributed by atoms with Gasteiger partial charge in [-0.05, 0) is 133 Å². The molecule has 12 aromatic rings. The van der Waals surface area contributed by atoms with Gasteiger partial charge in [-0.15, -0.1) is 0 Å². The first-order chi connectivity index (χ1) is 31.7. The summed E-state index contributed by atoms with van der Waals surface area (Å²) in [4.78, 5) is 2.38. The Labute approximate surface area is 373 Å². The van der Waals surface area contributed by atoms with Crippen LogP contribution in [0.1, 0.15) is 0 Å². The third kappa shape index (κ3) is 6.61. The molecular formula is C62H42N2. The van der Waals surface area contributed by atoms with Crippen molar-refractivity contribution in [2.24, 2.45) is 0 Å². The van der Waals surface area contributed by atoms with Crippen molar-refractivity contribution in [2.45, 2.75) is 0 Å². The van der Waals surface area contributed by atoms with Crippen molar-refractivity contribution in [3.8, 4) is 50.2 Å². The van der Waals surface area contributed by atoms with Gasteiger partial charge in [0.15, 0.2) is 0 Å². The topological polar surface area (TPSA) is 8.17 Å². The van der Waals surface area contributed by atoms with Crippen LogP contribution in [0.2, 0.25) is 0 Å². The first kappa shape index (κ1) is 37.3. The van der Waals surface area contributed by atoms with E-state index in [1.165, 1.54) is 87.9 Å². The summed E-state index contributed by atoms with van der Waals surface area (Å²) < 4.78 is 2.39. The molecule has 0 saturated heterocycles. The van der Waals surface area contributed by atoms with E-state index >= 15 is 0 Å². The number of hydrogen-bond acceptors (Lipinski definition) is 1. The minimum Gasteiger partial charge on any atom is -0.310 e. The third-order valence-corrected chi connectivity index (χ3v) is 12.8. The monoisotopic (exact) mass is 814 g/mol. The predicted molar refractivity (Wildman–Crippen MR) is 272 cm³/mol. The molecule has 0 saturated carbocycles. The Bertz CT molecular complexity index is 3580. The first-order valence-electron chi connectivity index (χ1n) is 22.0. The molecule has 0 atom stereocenters. The van der Waals surface area contributed by atoms with Crippen molar-refractivity contribution in [3.05, 3.63) is 255 Å². The molecular weight excluding hydrogens is 773 g/mol. The summed E-state index contributed by atoms with van der Waals surface area (Å²) in [6.45, 7) is 0. The molecule has 0 fully saturated rings. The lowest BCUT2D eigenvalue weighted by Crippen LogP contribution is -2.10. The Hall–Kier alpha value is -8.46. The van der Waals surface area contributed by atoms with Gasteiger partial charge in [-0.2, -0.15) is 0 Å².